The zero-order chi connectivity index (χ0) is 14.7. The number of hydrogen-bond acceptors (Lipinski definition) is 1. The second kappa shape index (κ2) is 6.42. The lowest BCUT2D eigenvalue weighted by atomic mass is 10.1. The summed E-state index contributed by atoms with van der Waals surface area (Å²) in [6, 6.07) is 13.4. The zero-order valence-corrected chi connectivity index (χ0v) is 13.7. The Hall–Kier alpha value is -1.32. The summed E-state index contributed by atoms with van der Waals surface area (Å²) < 4.78 is 0.995. The highest BCUT2D eigenvalue weighted by Gasteiger charge is 2.16. The summed E-state index contributed by atoms with van der Waals surface area (Å²) in [5, 5.41) is 0.525. The number of halogens is 2. The summed E-state index contributed by atoms with van der Waals surface area (Å²) >= 11 is 9.70. The van der Waals surface area contributed by atoms with Gasteiger partial charge in [-0.3, -0.25) is 4.79 Å². The van der Waals surface area contributed by atoms with E-state index in [1.54, 1.807) is 18.0 Å². The van der Waals surface area contributed by atoms with Gasteiger partial charge in [-0.1, -0.05) is 57.9 Å². The Balaban J connectivity index is 2.21. The molecule has 0 fully saturated rings. The Labute approximate surface area is 132 Å². The van der Waals surface area contributed by atoms with E-state index in [1.807, 2.05) is 43.3 Å². The van der Waals surface area contributed by atoms with Gasteiger partial charge in [0.2, 0.25) is 0 Å². The van der Waals surface area contributed by atoms with Crippen molar-refractivity contribution in [3.8, 4) is 0 Å². The molecule has 2 aromatic carbocycles. The number of carbonyl (C=O) groups excluding carboxylic acids is 1. The first kappa shape index (κ1) is 15.1. The number of carbonyl (C=O) groups is 1. The van der Waals surface area contributed by atoms with E-state index in [9.17, 15) is 4.79 Å². The Bertz CT molecular complexity index is 642. The molecule has 0 atom stereocenters. The third kappa shape index (κ3) is 3.22. The summed E-state index contributed by atoms with van der Waals surface area (Å²) in [4.78, 5) is 14.1. The SMILES string of the molecule is Cc1cccc(C(=O)N(C)Cc2ccccc2Br)c1Cl. The van der Waals surface area contributed by atoms with Crippen LogP contribution >= 0.6 is 27.5 Å². The highest BCUT2D eigenvalue weighted by atomic mass is 79.9. The van der Waals surface area contributed by atoms with E-state index in [0.717, 1.165) is 15.6 Å². The smallest absolute Gasteiger partial charge is 0.255 e. The summed E-state index contributed by atoms with van der Waals surface area (Å²) in [6.07, 6.45) is 0. The highest BCUT2D eigenvalue weighted by molar-refractivity contribution is 9.10. The van der Waals surface area contributed by atoms with Crippen LogP contribution in [0.15, 0.2) is 46.9 Å². The lowest BCUT2D eigenvalue weighted by Crippen LogP contribution is -2.26. The molecule has 0 spiro atoms. The fourth-order valence-corrected chi connectivity index (χ4v) is 2.59. The third-order valence-electron chi connectivity index (χ3n) is 3.13. The molecule has 2 aromatic rings. The van der Waals surface area contributed by atoms with Crippen LogP contribution in [0.4, 0.5) is 0 Å². The molecule has 0 aromatic heterocycles. The van der Waals surface area contributed by atoms with Crippen molar-refractivity contribution in [2.24, 2.45) is 0 Å². The standard InChI is InChI=1S/C16H15BrClNO/c1-11-6-5-8-13(15(11)18)16(20)19(2)10-12-7-3-4-9-14(12)17/h3-9H,10H2,1-2H3. The quantitative estimate of drug-likeness (QED) is 0.785. The Morgan fingerprint density at radius 2 is 1.90 bits per heavy atom. The van der Waals surface area contributed by atoms with Crippen LogP contribution in [0.1, 0.15) is 21.5 Å². The van der Waals surface area contributed by atoms with Crippen LogP contribution < -0.4 is 0 Å². The minimum absolute atomic E-state index is 0.0746. The van der Waals surface area contributed by atoms with E-state index in [-0.39, 0.29) is 5.91 Å². The van der Waals surface area contributed by atoms with Crippen LogP contribution in [-0.2, 0) is 6.54 Å². The van der Waals surface area contributed by atoms with Crippen molar-refractivity contribution in [1.29, 1.82) is 0 Å². The van der Waals surface area contributed by atoms with Gasteiger partial charge in [0.15, 0.2) is 0 Å². The van der Waals surface area contributed by atoms with Crippen molar-refractivity contribution in [3.63, 3.8) is 0 Å². The van der Waals surface area contributed by atoms with Crippen LogP contribution in [-0.4, -0.2) is 17.9 Å². The van der Waals surface area contributed by atoms with Gasteiger partial charge in [0.05, 0.1) is 10.6 Å². The van der Waals surface area contributed by atoms with Crippen molar-refractivity contribution < 1.29 is 4.79 Å². The van der Waals surface area contributed by atoms with Gasteiger partial charge >= 0.3 is 0 Å². The fraction of sp³-hybridized carbons (Fsp3) is 0.188. The molecule has 0 N–H and O–H groups in total. The lowest BCUT2D eigenvalue weighted by Gasteiger charge is -2.19. The fourth-order valence-electron chi connectivity index (χ4n) is 1.97. The maximum absolute atomic E-state index is 12.5. The minimum atomic E-state index is -0.0746. The number of hydrogen-bond donors (Lipinski definition) is 0. The van der Waals surface area contributed by atoms with E-state index in [0.29, 0.717) is 17.1 Å². The molecule has 0 aliphatic rings. The molecule has 0 aliphatic carbocycles. The third-order valence-corrected chi connectivity index (χ3v) is 4.41. The first-order chi connectivity index (χ1) is 9.50. The molecule has 0 radical (unpaired) electrons. The number of nitrogens with zero attached hydrogens (tertiary/aromatic N) is 1. The van der Waals surface area contributed by atoms with Crippen molar-refractivity contribution >= 4 is 33.4 Å². The molecular formula is C16H15BrClNO. The van der Waals surface area contributed by atoms with Gasteiger partial charge in [-0.25, -0.2) is 0 Å². The number of benzene rings is 2. The van der Waals surface area contributed by atoms with Gasteiger partial charge in [0.1, 0.15) is 0 Å². The largest absolute Gasteiger partial charge is 0.337 e. The number of amides is 1. The normalized spacial score (nSPS) is 10.4. The number of rotatable bonds is 3. The average molecular weight is 353 g/mol. The Morgan fingerprint density at radius 3 is 2.60 bits per heavy atom. The van der Waals surface area contributed by atoms with E-state index in [2.05, 4.69) is 15.9 Å². The average Bonchev–Trinajstić information content (AvgIpc) is 2.43. The van der Waals surface area contributed by atoms with E-state index in [1.165, 1.54) is 0 Å². The van der Waals surface area contributed by atoms with Crippen molar-refractivity contribution in [2.75, 3.05) is 7.05 Å². The molecule has 104 valence electrons. The van der Waals surface area contributed by atoms with Crippen molar-refractivity contribution in [1.82, 2.24) is 4.90 Å². The molecule has 0 saturated heterocycles. The van der Waals surface area contributed by atoms with E-state index < -0.39 is 0 Å². The predicted molar refractivity (Wildman–Crippen MR) is 86.1 cm³/mol. The number of aryl methyl sites for hydroxylation is 1. The van der Waals surface area contributed by atoms with Crippen LogP contribution in [0.5, 0.6) is 0 Å². The molecule has 4 heteroatoms. The summed E-state index contributed by atoms with van der Waals surface area (Å²) in [7, 11) is 1.78. The molecular weight excluding hydrogens is 338 g/mol. The second-order valence-corrected chi connectivity index (χ2v) is 5.92. The van der Waals surface area contributed by atoms with Gasteiger partial charge in [0.25, 0.3) is 5.91 Å². The van der Waals surface area contributed by atoms with Crippen LogP contribution in [0.2, 0.25) is 5.02 Å². The topological polar surface area (TPSA) is 20.3 Å². The molecule has 2 rings (SSSR count). The van der Waals surface area contributed by atoms with Crippen LogP contribution in [0, 0.1) is 6.92 Å². The molecule has 0 aliphatic heterocycles. The molecule has 0 saturated carbocycles. The lowest BCUT2D eigenvalue weighted by molar-refractivity contribution is 0.0785. The first-order valence-electron chi connectivity index (χ1n) is 6.24. The monoisotopic (exact) mass is 351 g/mol. The molecule has 20 heavy (non-hydrogen) atoms. The molecule has 0 bridgehead atoms. The van der Waals surface area contributed by atoms with Gasteiger partial charge in [0, 0.05) is 18.1 Å². The Morgan fingerprint density at radius 1 is 1.20 bits per heavy atom. The summed E-state index contributed by atoms with van der Waals surface area (Å²) in [6.45, 7) is 2.43. The van der Waals surface area contributed by atoms with Gasteiger partial charge in [-0.2, -0.15) is 0 Å². The van der Waals surface area contributed by atoms with Gasteiger partial charge in [-0.15, -0.1) is 0 Å². The summed E-state index contributed by atoms with van der Waals surface area (Å²) in [5.74, 6) is -0.0746. The highest BCUT2D eigenvalue weighted by Crippen LogP contribution is 2.23. The first-order valence-corrected chi connectivity index (χ1v) is 7.42. The molecule has 0 unspecified atom stereocenters. The van der Waals surface area contributed by atoms with Gasteiger partial charge < -0.3 is 4.90 Å². The second-order valence-electron chi connectivity index (χ2n) is 4.69. The maximum atomic E-state index is 12.5. The Kier molecular flexibility index (Phi) is 4.84. The predicted octanol–water partition coefficient (Wildman–Crippen LogP) is 4.68. The van der Waals surface area contributed by atoms with Crippen molar-refractivity contribution in [3.05, 3.63) is 68.7 Å². The van der Waals surface area contributed by atoms with Crippen LogP contribution in [0.3, 0.4) is 0 Å². The van der Waals surface area contributed by atoms with Crippen LogP contribution in [0.25, 0.3) is 0 Å². The minimum Gasteiger partial charge on any atom is -0.337 e. The van der Waals surface area contributed by atoms with E-state index >= 15 is 0 Å². The summed E-state index contributed by atoms with van der Waals surface area (Å²) in [5.41, 5.74) is 2.51. The molecule has 0 heterocycles. The van der Waals surface area contributed by atoms with Gasteiger partial charge in [-0.05, 0) is 30.2 Å². The molecule has 1 amide bonds. The molecule has 2 nitrogen and oxygen atoms in total. The van der Waals surface area contributed by atoms with Crippen molar-refractivity contribution in [2.45, 2.75) is 13.5 Å². The maximum Gasteiger partial charge on any atom is 0.255 e. The van der Waals surface area contributed by atoms with E-state index in [4.69, 9.17) is 11.6 Å². The zero-order valence-electron chi connectivity index (χ0n) is 11.4.